The Bertz CT molecular complexity index is 1170. The molecule has 2 aliphatic rings. The number of hydrogen-bond donors (Lipinski definition) is 0. The van der Waals surface area contributed by atoms with Crippen molar-refractivity contribution in [1.29, 1.82) is 5.26 Å². The Morgan fingerprint density at radius 1 is 1.09 bits per heavy atom. The summed E-state index contributed by atoms with van der Waals surface area (Å²) in [4.78, 5) is 11.0. The van der Waals surface area contributed by atoms with E-state index in [1.165, 1.54) is 40.1 Å². The average molecular weight is 441 g/mol. The first-order valence-corrected chi connectivity index (χ1v) is 12.2. The lowest BCUT2D eigenvalue weighted by molar-refractivity contribution is 0.249. The van der Waals surface area contributed by atoms with E-state index >= 15 is 0 Å². The smallest absolute Gasteiger partial charge is 0.134 e. The Morgan fingerprint density at radius 2 is 1.91 bits per heavy atom. The number of nitrogens with zero attached hydrogens (tertiary/aromatic N) is 4. The third kappa shape index (κ3) is 4.34. The summed E-state index contributed by atoms with van der Waals surface area (Å²) >= 11 is 1.68. The quantitative estimate of drug-likeness (QED) is 0.468. The maximum Gasteiger partial charge on any atom is 0.134 e. The molecule has 2 aromatic carbocycles. The molecule has 32 heavy (non-hydrogen) atoms. The van der Waals surface area contributed by atoms with Gasteiger partial charge in [0.05, 0.1) is 5.56 Å². The van der Waals surface area contributed by atoms with Gasteiger partial charge in [0.2, 0.25) is 0 Å². The van der Waals surface area contributed by atoms with E-state index in [9.17, 15) is 5.26 Å². The van der Waals surface area contributed by atoms with E-state index in [-0.39, 0.29) is 0 Å². The van der Waals surface area contributed by atoms with Gasteiger partial charge in [-0.05, 0) is 60.6 Å². The molecular weight excluding hydrogens is 412 g/mol. The zero-order chi connectivity index (χ0) is 21.9. The predicted octanol–water partition coefficient (Wildman–Crippen LogP) is 5.84. The molecule has 0 N–H and O–H groups in total. The minimum atomic E-state index is 0.770. The first-order chi connectivity index (χ1) is 15.7. The molecule has 0 radical (unpaired) electrons. The second-order valence-electron chi connectivity index (χ2n) is 8.74. The van der Waals surface area contributed by atoms with Crippen LogP contribution in [0.1, 0.15) is 45.5 Å². The van der Waals surface area contributed by atoms with E-state index in [2.05, 4.69) is 71.3 Å². The predicted molar refractivity (Wildman–Crippen MR) is 133 cm³/mol. The van der Waals surface area contributed by atoms with Crippen LogP contribution >= 0.6 is 11.3 Å². The van der Waals surface area contributed by atoms with Crippen LogP contribution in [0.3, 0.4) is 0 Å². The highest BCUT2D eigenvalue weighted by Gasteiger charge is 2.24. The van der Waals surface area contributed by atoms with Crippen LogP contribution in [-0.4, -0.2) is 30.7 Å². The number of nitriles is 1. The number of benzene rings is 2. The monoisotopic (exact) mass is 440 g/mol. The van der Waals surface area contributed by atoms with Crippen LogP contribution < -0.4 is 4.90 Å². The lowest BCUT2D eigenvalue weighted by Crippen LogP contribution is -2.29. The summed E-state index contributed by atoms with van der Waals surface area (Å²) in [5.41, 5.74) is 6.96. The molecule has 0 unspecified atom stereocenters. The van der Waals surface area contributed by atoms with Crippen molar-refractivity contribution >= 4 is 28.2 Å². The first kappa shape index (κ1) is 20.9. The largest absolute Gasteiger partial charge is 0.372 e. The maximum atomic E-state index is 9.84. The molecule has 1 saturated heterocycles. The fourth-order valence-corrected chi connectivity index (χ4v) is 5.91. The molecule has 0 aliphatic carbocycles. The zero-order valence-corrected chi connectivity index (χ0v) is 19.4. The number of aryl methyl sites for hydroxylation is 1. The van der Waals surface area contributed by atoms with Gasteiger partial charge in [-0.3, -0.25) is 4.90 Å². The number of fused-ring (bicyclic) bond motifs is 1. The fourth-order valence-electron chi connectivity index (χ4n) is 4.73. The van der Waals surface area contributed by atoms with E-state index in [4.69, 9.17) is 4.99 Å². The Hall–Kier alpha value is -2.94. The van der Waals surface area contributed by atoms with Gasteiger partial charge in [-0.15, -0.1) is 11.3 Å². The standard InChI is InChI=1S/C27H28N4S/c1-20-15-23(31-12-5-6-13-31)10-9-22(20)17-29-27-25(16-28)24-11-14-30(19-26(24)32-27)18-21-7-3-2-4-8-21/h2-4,7-10,15,17H,5-6,11-14,18-19H2,1H3. The van der Waals surface area contributed by atoms with Gasteiger partial charge in [-0.1, -0.05) is 36.4 Å². The number of aliphatic imine (C=N–C) groups is 1. The Kier molecular flexibility index (Phi) is 6.07. The van der Waals surface area contributed by atoms with Crippen molar-refractivity contribution in [2.45, 2.75) is 39.3 Å². The Labute approximate surface area is 194 Å². The van der Waals surface area contributed by atoms with E-state index in [0.717, 1.165) is 55.3 Å². The van der Waals surface area contributed by atoms with Crippen molar-refractivity contribution in [3.05, 3.63) is 81.2 Å². The van der Waals surface area contributed by atoms with Crippen LogP contribution in [0.2, 0.25) is 0 Å². The summed E-state index contributed by atoms with van der Waals surface area (Å²) in [5, 5.41) is 10.7. The van der Waals surface area contributed by atoms with Crippen LogP contribution in [0.5, 0.6) is 0 Å². The first-order valence-electron chi connectivity index (χ1n) is 11.4. The van der Waals surface area contributed by atoms with Crippen LogP contribution in [0.4, 0.5) is 10.7 Å². The molecule has 0 bridgehead atoms. The molecule has 162 valence electrons. The van der Waals surface area contributed by atoms with Crippen LogP contribution in [0.15, 0.2) is 53.5 Å². The minimum Gasteiger partial charge on any atom is -0.372 e. The highest BCUT2D eigenvalue weighted by molar-refractivity contribution is 7.16. The normalized spacial score (nSPS) is 16.4. The summed E-state index contributed by atoms with van der Waals surface area (Å²) in [6, 6.07) is 19.7. The molecule has 0 atom stereocenters. The van der Waals surface area contributed by atoms with Gasteiger partial charge in [0, 0.05) is 49.5 Å². The molecule has 1 aromatic heterocycles. The summed E-state index contributed by atoms with van der Waals surface area (Å²) in [6.45, 7) is 7.27. The van der Waals surface area contributed by atoms with Crippen LogP contribution in [0, 0.1) is 18.3 Å². The second kappa shape index (κ2) is 9.28. The van der Waals surface area contributed by atoms with Crippen molar-refractivity contribution in [3.63, 3.8) is 0 Å². The zero-order valence-electron chi connectivity index (χ0n) is 18.6. The van der Waals surface area contributed by atoms with Gasteiger partial charge in [-0.2, -0.15) is 5.26 Å². The summed E-state index contributed by atoms with van der Waals surface area (Å²) in [7, 11) is 0. The van der Waals surface area contributed by atoms with Crippen molar-refractivity contribution in [2.24, 2.45) is 4.99 Å². The van der Waals surface area contributed by atoms with Crippen LogP contribution in [0.25, 0.3) is 0 Å². The van der Waals surface area contributed by atoms with E-state index < -0.39 is 0 Å². The van der Waals surface area contributed by atoms with E-state index in [1.54, 1.807) is 11.3 Å². The van der Waals surface area contributed by atoms with Crippen molar-refractivity contribution in [2.75, 3.05) is 24.5 Å². The van der Waals surface area contributed by atoms with Crippen LogP contribution in [-0.2, 0) is 19.5 Å². The van der Waals surface area contributed by atoms with Gasteiger partial charge < -0.3 is 4.90 Å². The molecule has 0 saturated carbocycles. The summed E-state index contributed by atoms with van der Waals surface area (Å²) < 4.78 is 0. The van der Waals surface area contributed by atoms with Gasteiger partial charge in [-0.25, -0.2) is 4.99 Å². The highest BCUT2D eigenvalue weighted by atomic mass is 32.1. The molecule has 0 amide bonds. The molecule has 4 nitrogen and oxygen atoms in total. The van der Waals surface area contributed by atoms with Crippen molar-refractivity contribution in [1.82, 2.24) is 4.90 Å². The maximum absolute atomic E-state index is 9.84. The lowest BCUT2D eigenvalue weighted by Gasteiger charge is -2.26. The summed E-state index contributed by atoms with van der Waals surface area (Å²) in [6.07, 6.45) is 5.42. The molecule has 2 aliphatic heterocycles. The lowest BCUT2D eigenvalue weighted by atomic mass is 10.0. The topological polar surface area (TPSA) is 42.6 Å². The Balaban J connectivity index is 1.34. The minimum absolute atomic E-state index is 0.770. The van der Waals surface area contributed by atoms with E-state index in [1.807, 2.05) is 6.21 Å². The molecule has 0 spiro atoms. The molecule has 3 heterocycles. The van der Waals surface area contributed by atoms with Gasteiger partial charge in [0.1, 0.15) is 11.1 Å². The number of rotatable bonds is 5. The second-order valence-corrected chi connectivity index (χ2v) is 9.82. The third-order valence-corrected chi connectivity index (χ3v) is 7.65. The average Bonchev–Trinajstić information content (AvgIpc) is 3.46. The highest BCUT2D eigenvalue weighted by Crippen LogP contribution is 2.38. The number of hydrogen-bond acceptors (Lipinski definition) is 5. The van der Waals surface area contributed by atoms with Gasteiger partial charge in [0.15, 0.2) is 0 Å². The van der Waals surface area contributed by atoms with E-state index in [0.29, 0.717) is 0 Å². The van der Waals surface area contributed by atoms with Crippen molar-refractivity contribution in [3.8, 4) is 6.07 Å². The molecule has 3 aromatic rings. The van der Waals surface area contributed by atoms with Gasteiger partial charge in [0.25, 0.3) is 0 Å². The number of anilines is 1. The molecular formula is C27H28N4S. The van der Waals surface area contributed by atoms with Gasteiger partial charge >= 0.3 is 0 Å². The molecule has 5 rings (SSSR count). The summed E-state index contributed by atoms with van der Waals surface area (Å²) in [5.74, 6) is 0. The SMILES string of the molecule is Cc1cc(N2CCCC2)ccc1C=Nc1sc2c(c1C#N)CCN(Cc1ccccc1)C2. The third-order valence-electron chi connectivity index (χ3n) is 6.52. The molecule has 1 fully saturated rings. The van der Waals surface area contributed by atoms with Crippen molar-refractivity contribution < 1.29 is 0 Å². The Morgan fingerprint density at radius 3 is 2.66 bits per heavy atom. The molecule has 5 heteroatoms. The number of thiophene rings is 1. The fraction of sp³-hybridized carbons (Fsp3) is 0.333.